The summed E-state index contributed by atoms with van der Waals surface area (Å²) in [4.78, 5) is 2.15. The Balaban J connectivity index is 2.20. The van der Waals surface area contributed by atoms with Crippen LogP contribution < -0.4 is 14.3 Å². The zero-order valence-corrected chi connectivity index (χ0v) is 14.8. The molecule has 0 saturated heterocycles. The molecule has 0 bridgehead atoms. The van der Waals surface area contributed by atoms with Crippen molar-refractivity contribution in [3.8, 4) is 11.5 Å². The molecule has 1 heterocycles. The van der Waals surface area contributed by atoms with E-state index in [0.717, 1.165) is 11.3 Å². The van der Waals surface area contributed by atoms with Crippen LogP contribution in [0.25, 0.3) is 0 Å². The molecule has 0 spiro atoms. The van der Waals surface area contributed by atoms with Crippen LogP contribution in [0.3, 0.4) is 0 Å². The fourth-order valence-corrected chi connectivity index (χ4v) is 3.82. The van der Waals surface area contributed by atoms with Gasteiger partial charge in [0.25, 0.3) is 10.0 Å². The molecular weight excluding hydrogens is 360 g/mol. The van der Waals surface area contributed by atoms with E-state index in [1.165, 1.54) is 19.4 Å². The second kappa shape index (κ2) is 7.67. The maximum atomic E-state index is 11.9. The van der Waals surface area contributed by atoms with Crippen molar-refractivity contribution in [3.63, 3.8) is 0 Å². The number of methoxy groups -OCH3 is 1. The van der Waals surface area contributed by atoms with Crippen LogP contribution >= 0.6 is 22.9 Å². The van der Waals surface area contributed by atoms with Gasteiger partial charge in [-0.05, 0) is 36.1 Å². The van der Waals surface area contributed by atoms with Crippen LogP contribution in [-0.4, -0.2) is 28.3 Å². The van der Waals surface area contributed by atoms with Gasteiger partial charge in [0.2, 0.25) is 0 Å². The first kappa shape index (κ1) is 17.6. The van der Waals surface area contributed by atoms with Crippen LogP contribution in [-0.2, 0) is 10.0 Å². The Morgan fingerprint density at radius 3 is 2.83 bits per heavy atom. The van der Waals surface area contributed by atoms with E-state index in [1.807, 2.05) is 6.92 Å². The van der Waals surface area contributed by atoms with Crippen molar-refractivity contribution < 1.29 is 17.9 Å². The van der Waals surface area contributed by atoms with Gasteiger partial charge < -0.3 is 9.47 Å². The third-order valence-electron chi connectivity index (χ3n) is 2.68. The number of halogens is 1. The third kappa shape index (κ3) is 4.37. The summed E-state index contributed by atoms with van der Waals surface area (Å²) in [7, 11) is -2.16. The van der Waals surface area contributed by atoms with Crippen LogP contribution in [0.2, 0.25) is 5.02 Å². The Kier molecular flexibility index (Phi) is 5.86. The lowest BCUT2D eigenvalue weighted by Crippen LogP contribution is -2.17. The number of rotatable bonds is 7. The van der Waals surface area contributed by atoms with Gasteiger partial charge in [0, 0.05) is 0 Å². The van der Waals surface area contributed by atoms with E-state index in [2.05, 4.69) is 9.93 Å². The molecular formula is C14H15ClN2O4S2. The predicted octanol–water partition coefficient (Wildman–Crippen LogP) is 3.12. The van der Waals surface area contributed by atoms with Crippen molar-refractivity contribution in [1.82, 2.24) is 4.83 Å². The lowest BCUT2D eigenvalue weighted by Gasteiger charge is -2.11. The third-order valence-corrected chi connectivity index (χ3v) is 5.58. The Hall–Kier alpha value is -1.77. The van der Waals surface area contributed by atoms with Crippen LogP contribution in [0.4, 0.5) is 0 Å². The molecule has 0 atom stereocenters. The fraction of sp³-hybridized carbons (Fsp3) is 0.214. The number of hydrogen-bond acceptors (Lipinski definition) is 6. The first-order valence-electron chi connectivity index (χ1n) is 6.56. The van der Waals surface area contributed by atoms with E-state index in [9.17, 15) is 8.42 Å². The zero-order valence-electron chi connectivity index (χ0n) is 12.4. The van der Waals surface area contributed by atoms with Crippen molar-refractivity contribution >= 4 is 39.2 Å². The number of nitrogens with zero attached hydrogens (tertiary/aromatic N) is 1. The molecule has 0 radical (unpaired) electrons. The van der Waals surface area contributed by atoms with Gasteiger partial charge in [-0.25, -0.2) is 0 Å². The van der Waals surface area contributed by atoms with Crippen molar-refractivity contribution in [3.05, 3.63) is 40.2 Å². The largest absolute Gasteiger partial charge is 0.491 e. The first-order valence-corrected chi connectivity index (χ1v) is 9.30. The maximum absolute atomic E-state index is 11.9. The summed E-state index contributed by atoms with van der Waals surface area (Å²) in [6.45, 7) is 2.28. The van der Waals surface area contributed by atoms with E-state index >= 15 is 0 Å². The molecule has 9 heteroatoms. The molecule has 0 aliphatic heterocycles. The smallest absolute Gasteiger partial charge is 0.286 e. The molecule has 1 aromatic carbocycles. The molecule has 23 heavy (non-hydrogen) atoms. The van der Waals surface area contributed by atoms with Crippen LogP contribution in [0.1, 0.15) is 12.5 Å². The van der Waals surface area contributed by atoms with Crippen molar-refractivity contribution in [2.24, 2.45) is 5.10 Å². The maximum Gasteiger partial charge on any atom is 0.286 e. The Labute approximate surface area is 143 Å². The van der Waals surface area contributed by atoms with E-state index in [4.69, 9.17) is 21.1 Å². The summed E-state index contributed by atoms with van der Waals surface area (Å²) >= 11 is 7.23. The molecule has 0 unspecified atom stereocenters. The summed E-state index contributed by atoms with van der Waals surface area (Å²) in [6, 6.07) is 6.42. The minimum Gasteiger partial charge on any atom is -0.491 e. The lowest BCUT2D eigenvalue weighted by atomic mass is 10.2. The first-order chi connectivity index (χ1) is 11.0. The minimum absolute atomic E-state index is 0.192. The summed E-state index contributed by atoms with van der Waals surface area (Å²) in [5.74, 6) is 0.884. The average molecular weight is 375 g/mol. The van der Waals surface area contributed by atoms with Gasteiger partial charge in [0.05, 0.1) is 25.0 Å². The molecule has 1 aromatic heterocycles. The van der Waals surface area contributed by atoms with Gasteiger partial charge >= 0.3 is 0 Å². The highest BCUT2D eigenvalue weighted by atomic mass is 35.5. The molecule has 0 aliphatic carbocycles. The summed E-state index contributed by atoms with van der Waals surface area (Å²) in [5, 5.41) is 5.78. The predicted molar refractivity (Wildman–Crippen MR) is 91.4 cm³/mol. The molecule has 2 aromatic rings. The van der Waals surface area contributed by atoms with Gasteiger partial charge in [0.1, 0.15) is 4.21 Å². The standard InChI is InChI=1S/C14H15ClN2O4S2/c1-3-21-12-8-10(7-11(15)14(12)20-2)9-16-17-23(18,19)13-5-4-6-22-13/h4-9,17H,3H2,1-2H3/b16-9+. The Morgan fingerprint density at radius 2 is 2.22 bits per heavy atom. The van der Waals surface area contributed by atoms with Gasteiger partial charge in [-0.1, -0.05) is 17.7 Å². The van der Waals surface area contributed by atoms with Gasteiger partial charge in [-0.15, -0.1) is 11.3 Å². The van der Waals surface area contributed by atoms with Gasteiger partial charge in [0.15, 0.2) is 11.5 Å². The van der Waals surface area contributed by atoms with Gasteiger partial charge in [-0.2, -0.15) is 18.4 Å². The number of benzene rings is 1. The van der Waals surface area contributed by atoms with E-state index in [-0.39, 0.29) is 4.21 Å². The molecule has 6 nitrogen and oxygen atoms in total. The van der Waals surface area contributed by atoms with Crippen molar-refractivity contribution in [1.29, 1.82) is 0 Å². The fourth-order valence-electron chi connectivity index (χ4n) is 1.76. The average Bonchev–Trinajstić information content (AvgIpc) is 3.02. The van der Waals surface area contributed by atoms with E-state index < -0.39 is 10.0 Å². The lowest BCUT2D eigenvalue weighted by molar-refractivity contribution is 0.311. The second-order valence-electron chi connectivity index (χ2n) is 4.25. The van der Waals surface area contributed by atoms with Crippen LogP contribution in [0.5, 0.6) is 11.5 Å². The number of hydrogen-bond donors (Lipinski definition) is 1. The van der Waals surface area contributed by atoms with Crippen molar-refractivity contribution in [2.75, 3.05) is 13.7 Å². The SMILES string of the molecule is CCOc1cc(/C=N/NS(=O)(=O)c2cccs2)cc(Cl)c1OC. The Bertz CT molecular complexity index is 789. The number of hydrazone groups is 1. The molecule has 2 rings (SSSR count). The highest BCUT2D eigenvalue weighted by Crippen LogP contribution is 2.35. The summed E-state index contributed by atoms with van der Waals surface area (Å²) < 4.78 is 34.7. The normalized spacial score (nSPS) is 11.6. The highest BCUT2D eigenvalue weighted by Gasteiger charge is 2.14. The summed E-state index contributed by atoms with van der Waals surface area (Å²) in [6.07, 6.45) is 1.35. The number of nitrogens with one attached hydrogen (secondary N) is 1. The topological polar surface area (TPSA) is 77.0 Å². The van der Waals surface area contributed by atoms with Gasteiger partial charge in [-0.3, -0.25) is 0 Å². The van der Waals surface area contributed by atoms with Crippen LogP contribution in [0.15, 0.2) is 39.0 Å². The number of ether oxygens (including phenoxy) is 2. The monoisotopic (exact) mass is 374 g/mol. The Morgan fingerprint density at radius 1 is 1.43 bits per heavy atom. The molecule has 124 valence electrons. The zero-order chi connectivity index (χ0) is 16.9. The number of thiophene rings is 1. The highest BCUT2D eigenvalue weighted by molar-refractivity contribution is 7.91. The molecule has 0 aliphatic rings. The molecule has 1 N–H and O–H groups in total. The van der Waals surface area contributed by atoms with E-state index in [1.54, 1.807) is 23.6 Å². The van der Waals surface area contributed by atoms with Crippen molar-refractivity contribution in [2.45, 2.75) is 11.1 Å². The quantitative estimate of drug-likeness (QED) is 0.596. The number of sulfonamides is 1. The molecule has 0 amide bonds. The summed E-state index contributed by atoms with van der Waals surface area (Å²) in [5.41, 5.74) is 0.577. The second-order valence-corrected chi connectivity index (χ2v) is 7.49. The van der Waals surface area contributed by atoms with Crippen LogP contribution in [0, 0.1) is 0 Å². The van der Waals surface area contributed by atoms with E-state index in [0.29, 0.717) is 28.7 Å². The molecule has 0 saturated carbocycles. The minimum atomic E-state index is -3.65. The molecule has 0 fully saturated rings.